The Morgan fingerprint density at radius 2 is 2.15 bits per heavy atom. The first kappa shape index (κ1) is 12.5. The minimum absolute atomic E-state index is 0.239. The Bertz CT molecular complexity index is 264. The Labute approximate surface area is 80.8 Å². The van der Waals surface area contributed by atoms with Crippen LogP contribution in [-0.4, -0.2) is 33.0 Å². The number of terminal acetylenes is 1. The second kappa shape index (κ2) is 6.01. The van der Waals surface area contributed by atoms with E-state index in [1.165, 1.54) is 6.26 Å². The van der Waals surface area contributed by atoms with E-state index in [0.29, 0.717) is 19.4 Å². The zero-order valence-electron chi connectivity index (χ0n) is 8.21. The van der Waals surface area contributed by atoms with Crippen LogP contribution in [0.4, 0.5) is 0 Å². The predicted octanol–water partition coefficient (Wildman–Crippen LogP) is 0.423. The summed E-state index contributed by atoms with van der Waals surface area (Å²) in [5, 5.41) is 3.15. The molecule has 1 N–H and O–H groups in total. The van der Waals surface area contributed by atoms with E-state index < -0.39 is 9.84 Å². The molecule has 0 radical (unpaired) electrons. The number of sulfone groups is 1. The molecule has 1 atom stereocenters. The van der Waals surface area contributed by atoms with E-state index in [2.05, 4.69) is 11.2 Å². The van der Waals surface area contributed by atoms with Gasteiger partial charge in [0.2, 0.25) is 0 Å². The van der Waals surface area contributed by atoms with Gasteiger partial charge in [-0.25, -0.2) is 8.42 Å². The van der Waals surface area contributed by atoms with Crippen molar-refractivity contribution in [2.75, 3.05) is 18.6 Å². The topological polar surface area (TPSA) is 46.2 Å². The summed E-state index contributed by atoms with van der Waals surface area (Å²) in [6, 6.07) is 0.268. The largest absolute Gasteiger partial charge is 0.313 e. The van der Waals surface area contributed by atoms with Gasteiger partial charge in [0.1, 0.15) is 9.84 Å². The van der Waals surface area contributed by atoms with Crippen molar-refractivity contribution in [1.29, 1.82) is 0 Å². The van der Waals surface area contributed by atoms with Gasteiger partial charge in [-0.3, -0.25) is 0 Å². The minimum atomic E-state index is -2.81. The van der Waals surface area contributed by atoms with Gasteiger partial charge in [-0.1, -0.05) is 0 Å². The summed E-state index contributed by atoms with van der Waals surface area (Å²) in [6.45, 7) is 2.69. The van der Waals surface area contributed by atoms with Crippen molar-refractivity contribution in [2.24, 2.45) is 0 Å². The van der Waals surface area contributed by atoms with Crippen molar-refractivity contribution < 1.29 is 8.42 Å². The predicted molar refractivity (Wildman–Crippen MR) is 55.2 cm³/mol. The monoisotopic (exact) mass is 203 g/mol. The normalized spacial score (nSPS) is 13.6. The van der Waals surface area contributed by atoms with Gasteiger partial charge in [-0.05, 0) is 19.9 Å². The first-order valence-electron chi connectivity index (χ1n) is 4.30. The zero-order valence-corrected chi connectivity index (χ0v) is 9.02. The third kappa shape index (κ3) is 9.38. The van der Waals surface area contributed by atoms with Crippen LogP contribution in [0.15, 0.2) is 0 Å². The molecule has 0 bridgehead atoms. The van der Waals surface area contributed by atoms with Crippen molar-refractivity contribution in [2.45, 2.75) is 25.8 Å². The third-order valence-corrected chi connectivity index (χ3v) is 2.64. The number of hydrogen-bond acceptors (Lipinski definition) is 3. The summed E-state index contributed by atoms with van der Waals surface area (Å²) in [5.74, 6) is 2.78. The van der Waals surface area contributed by atoms with Crippen LogP contribution in [0.2, 0.25) is 0 Å². The van der Waals surface area contributed by atoms with Crippen LogP contribution in [0.5, 0.6) is 0 Å². The maximum atomic E-state index is 10.7. The first-order chi connectivity index (χ1) is 5.95. The van der Waals surface area contributed by atoms with Gasteiger partial charge in [-0.2, -0.15) is 0 Å². The molecule has 0 spiro atoms. The molecule has 0 saturated heterocycles. The van der Waals surface area contributed by atoms with E-state index in [-0.39, 0.29) is 11.8 Å². The lowest BCUT2D eigenvalue weighted by molar-refractivity contribution is 0.551. The lowest BCUT2D eigenvalue weighted by Gasteiger charge is -2.09. The molecule has 0 rings (SSSR count). The molecule has 0 fully saturated rings. The summed E-state index contributed by atoms with van der Waals surface area (Å²) >= 11 is 0. The van der Waals surface area contributed by atoms with Crippen molar-refractivity contribution >= 4 is 9.84 Å². The molecule has 0 aliphatic carbocycles. The molecule has 0 amide bonds. The van der Waals surface area contributed by atoms with E-state index in [1.54, 1.807) is 0 Å². The van der Waals surface area contributed by atoms with Gasteiger partial charge in [0, 0.05) is 18.7 Å². The summed E-state index contributed by atoms with van der Waals surface area (Å²) in [6.07, 6.45) is 7.69. The van der Waals surface area contributed by atoms with Crippen LogP contribution in [0.3, 0.4) is 0 Å². The van der Waals surface area contributed by atoms with Crippen molar-refractivity contribution in [3.05, 3.63) is 0 Å². The molecule has 1 unspecified atom stereocenters. The Morgan fingerprint density at radius 1 is 1.54 bits per heavy atom. The van der Waals surface area contributed by atoms with Gasteiger partial charge in [-0.15, -0.1) is 12.3 Å². The minimum Gasteiger partial charge on any atom is -0.313 e. The first-order valence-corrected chi connectivity index (χ1v) is 6.36. The summed E-state index contributed by atoms with van der Waals surface area (Å²) in [7, 11) is -2.81. The van der Waals surface area contributed by atoms with Gasteiger partial charge in [0.05, 0.1) is 5.75 Å². The zero-order chi connectivity index (χ0) is 10.3. The Balaban J connectivity index is 3.42. The standard InChI is InChI=1S/C9H17NO2S/c1-4-6-9(2)10-7-5-8-13(3,11)12/h1,9-10H,5-8H2,2-3H3. The SMILES string of the molecule is C#CCC(C)NCCCS(C)(=O)=O. The molecule has 4 heteroatoms. The maximum absolute atomic E-state index is 10.7. The Kier molecular flexibility index (Phi) is 5.76. The van der Waals surface area contributed by atoms with Crippen LogP contribution in [0.1, 0.15) is 19.8 Å². The average Bonchev–Trinajstić information content (AvgIpc) is 1.97. The van der Waals surface area contributed by atoms with Gasteiger partial charge in [0.25, 0.3) is 0 Å². The highest BCUT2D eigenvalue weighted by Gasteiger charge is 2.02. The molecular weight excluding hydrogens is 186 g/mol. The Morgan fingerprint density at radius 3 is 2.62 bits per heavy atom. The van der Waals surface area contributed by atoms with Crippen molar-refractivity contribution in [1.82, 2.24) is 5.32 Å². The highest BCUT2D eigenvalue weighted by atomic mass is 32.2. The number of rotatable bonds is 6. The Hall–Kier alpha value is -0.530. The highest BCUT2D eigenvalue weighted by molar-refractivity contribution is 7.90. The van der Waals surface area contributed by atoms with E-state index in [0.717, 1.165) is 0 Å². The second-order valence-corrected chi connectivity index (χ2v) is 5.51. The van der Waals surface area contributed by atoms with Crippen LogP contribution in [0.25, 0.3) is 0 Å². The second-order valence-electron chi connectivity index (χ2n) is 3.25. The van der Waals surface area contributed by atoms with Crippen LogP contribution < -0.4 is 5.32 Å². The van der Waals surface area contributed by atoms with Crippen molar-refractivity contribution in [3.8, 4) is 12.3 Å². The van der Waals surface area contributed by atoms with Crippen LogP contribution in [-0.2, 0) is 9.84 Å². The summed E-state index contributed by atoms with van der Waals surface area (Å²) in [4.78, 5) is 0. The molecule has 3 nitrogen and oxygen atoms in total. The van der Waals surface area contributed by atoms with E-state index in [1.807, 2.05) is 6.92 Å². The average molecular weight is 203 g/mol. The van der Waals surface area contributed by atoms with Gasteiger partial charge in [0.15, 0.2) is 0 Å². The van der Waals surface area contributed by atoms with Gasteiger partial charge < -0.3 is 5.32 Å². The molecule has 0 aliphatic rings. The molecule has 0 aromatic rings. The van der Waals surface area contributed by atoms with Crippen molar-refractivity contribution in [3.63, 3.8) is 0 Å². The molecule has 0 aliphatic heterocycles. The highest BCUT2D eigenvalue weighted by Crippen LogP contribution is 1.90. The fourth-order valence-electron chi connectivity index (χ4n) is 0.932. The lowest BCUT2D eigenvalue weighted by Crippen LogP contribution is -2.27. The summed E-state index contributed by atoms with van der Waals surface area (Å²) < 4.78 is 21.5. The van der Waals surface area contributed by atoms with Gasteiger partial charge >= 0.3 is 0 Å². The third-order valence-electron chi connectivity index (χ3n) is 1.61. The molecule has 76 valence electrons. The molecule has 0 aromatic carbocycles. The fraction of sp³-hybridized carbons (Fsp3) is 0.778. The lowest BCUT2D eigenvalue weighted by atomic mass is 10.2. The number of hydrogen-bond donors (Lipinski definition) is 1. The molecular formula is C9H17NO2S. The van der Waals surface area contributed by atoms with Crippen LogP contribution in [0, 0.1) is 12.3 Å². The molecule has 13 heavy (non-hydrogen) atoms. The summed E-state index contributed by atoms with van der Waals surface area (Å²) in [5.41, 5.74) is 0. The van der Waals surface area contributed by atoms with Crippen LogP contribution >= 0.6 is 0 Å². The maximum Gasteiger partial charge on any atom is 0.147 e. The van der Waals surface area contributed by atoms with E-state index in [9.17, 15) is 8.42 Å². The molecule has 0 saturated carbocycles. The molecule has 0 heterocycles. The quantitative estimate of drug-likeness (QED) is 0.503. The van der Waals surface area contributed by atoms with E-state index >= 15 is 0 Å². The smallest absolute Gasteiger partial charge is 0.147 e. The fourth-order valence-corrected chi connectivity index (χ4v) is 1.60. The number of nitrogens with one attached hydrogen (secondary N) is 1. The van der Waals surface area contributed by atoms with E-state index in [4.69, 9.17) is 6.42 Å². The molecule has 0 aromatic heterocycles.